The second kappa shape index (κ2) is 10.4. The van der Waals surface area contributed by atoms with Crippen LogP contribution < -0.4 is 5.59 Å². The summed E-state index contributed by atoms with van der Waals surface area (Å²) in [5.41, 5.74) is 2.15. The quantitative estimate of drug-likeness (QED) is 0.665. The second-order valence-electron chi connectivity index (χ2n) is 3.46. The number of carboxylic acid groups (broad SMARTS) is 1. The van der Waals surface area contributed by atoms with Crippen molar-refractivity contribution in [3.05, 3.63) is 73.1 Å². The molecule has 0 aliphatic carbocycles. The Bertz CT molecular complexity index is 462. The first kappa shape index (κ1) is 15.5. The van der Waals surface area contributed by atoms with Gasteiger partial charge in [0.2, 0.25) is 0 Å². The lowest BCUT2D eigenvalue weighted by molar-refractivity contribution is -0.328. The van der Waals surface area contributed by atoms with Crippen molar-refractivity contribution in [2.24, 2.45) is 0 Å². The van der Waals surface area contributed by atoms with Gasteiger partial charge in [0, 0.05) is 0 Å². The number of hydrogen-bond acceptors (Lipinski definition) is 4. The predicted octanol–water partition coefficient (Wildman–Crippen LogP) is 2.64. The molecule has 6 heteroatoms. The van der Waals surface area contributed by atoms with Crippen LogP contribution in [0.3, 0.4) is 0 Å². The molecular weight excluding hydrogens is 260 g/mol. The number of nitrogens with one attached hydrogen (secondary N) is 1. The molecular formula is C14H16N2O4. The summed E-state index contributed by atoms with van der Waals surface area (Å²) in [5.74, 6) is 0. The van der Waals surface area contributed by atoms with Gasteiger partial charge >= 0.3 is 6.09 Å². The Hall–Kier alpha value is -2.57. The zero-order valence-corrected chi connectivity index (χ0v) is 10.8. The monoisotopic (exact) mass is 276 g/mol. The Morgan fingerprint density at radius 1 is 0.950 bits per heavy atom. The number of allylic oxidation sites excluding steroid dienone is 10. The van der Waals surface area contributed by atoms with E-state index in [1.54, 1.807) is 30.4 Å². The van der Waals surface area contributed by atoms with Crippen molar-refractivity contribution in [2.75, 3.05) is 6.54 Å². The Morgan fingerprint density at radius 3 is 2.10 bits per heavy atom. The average molecular weight is 276 g/mol. The Balaban J connectivity index is 2.64. The highest BCUT2D eigenvalue weighted by atomic mass is 17.3. The normalized spacial score (nSPS) is 26.5. The van der Waals surface area contributed by atoms with Crippen LogP contribution in [-0.4, -0.2) is 22.8 Å². The van der Waals surface area contributed by atoms with Crippen LogP contribution in [0, 0.1) is 0 Å². The van der Waals surface area contributed by atoms with E-state index in [4.69, 9.17) is 5.11 Å². The highest BCUT2D eigenvalue weighted by molar-refractivity contribution is 5.64. The van der Waals surface area contributed by atoms with Gasteiger partial charge < -0.3 is 9.99 Å². The lowest BCUT2D eigenvalue weighted by Crippen LogP contribution is -2.41. The summed E-state index contributed by atoms with van der Waals surface area (Å²) in [4.78, 5) is 20.0. The molecule has 1 rings (SSSR count). The van der Waals surface area contributed by atoms with E-state index in [9.17, 15) is 4.79 Å². The van der Waals surface area contributed by atoms with Crippen molar-refractivity contribution in [2.45, 2.75) is 0 Å². The fourth-order valence-electron chi connectivity index (χ4n) is 1.08. The van der Waals surface area contributed by atoms with Crippen LogP contribution in [-0.2, 0) is 9.88 Å². The highest BCUT2D eigenvalue weighted by Crippen LogP contribution is 1.90. The van der Waals surface area contributed by atoms with Gasteiger partial charge in [-0.3, -0.25) is 0 Å². The molecule has 6 nitrogen and oxygen atoms in total. The van der Waals surface area contributed by atoms with Gasteiger partial charge in [0.25, 0.3) is 0 Å². The molecule has 0 aromatic carbocycles. The van der Waals surface area contributed by atoms with Crippen molar-refractivity contribution < 1.29 is 19.8 Å². The highest BCUT2D eigenvalue weighted by Gasteiger charge is 2.09. The number of carbonyl (C=O) groups is 1. The molecule has 0 fully saturated rings. The minimum Gasteiger partial charge on any atom is -0.464 e. The van der Waals surface area contributed by atoms with Crippen LogP contribution in [0.1, 0.15) is 0 Å². The molecule has 0 unspecified atom stereocenters. The molecule has 0 aromatic rings. The molecule has 1 aliphatic heterocycles. The molecule has 0 radical (unpaired) electrons. The SMILES string of the molecule is O=C(O)N1C/C=C/C=C/C=C\C=C\C=C\C=C/OON1. The number of amides is 1. The molecule has 20 heavy (non-hydrogen) atoms. The third-order valence-corrected chi connectivity index (χ3v) is 1.98. The first-order chi connectivity index (χ1) is 9.80. The summed E-state index contributed by atoms with van der Waals surface area (Å²) >= 11 is 0. The van der Waals surface area contributed by atoms with E-state index < -0.39 is 6.09 Å². The molecule has 0 saturated carbocycles. The zero-order valence-electron chi connectivity index (χ0n) is 10.8. The van der Waals surface area contributed by atoms with Crippen LogP contribution in [0.15, 0.2) is 73.1 Å². The summed E-state index contributed by atoms with van der Waals surface area (Å²) in [5, 5.41) is 9.71. The van der Waals surface area contributed by atoms with E-state index in [1.807, 2.05) is 36.5 Å². The molecule has 106 valence electrons. The van der Waals surface area contributed by atoms with Crippen LogP contribution >= 0.6 is 0 Å². The van der Waals surface area contributed by atoms with Gasteiger partial charge in [-0.05, 0) is 6.08 Å². The summed E-state index contributed by atoms with van der Waals surface area (Å²) in [7, 11) is 0. The van der Waals surface area contributed by atoms with E-state index in [1.165, 1.54) is 6.26 Å². The fraction of sp³-hybridized carbons (Fsp3) is 0.0714. The van der Waals surface area contributed by atoms with Gasteiger partial charge in [-0.2, -0.15) is 0 Å². The van der Waals surface area contributed by atoms with Gasteiger partial charge in [-0.1, -0.05) is 71.3 Å². The van der Waals surface area contributed by atoms with E-state index in [2.05, 4.69) is 15.5 Å². The lowest BCUT2D eigenvalue weighted by Gasteiger charge is -2.15. The molecule has 1 aliphatic rings. The number of hydrazine groups is 1. The van der Waals surface area contributed by atoms with Crippen LogP contribution in [0.4, 0.5) is 4.79 Å². The van der Waals surface area contributed by atoms with Gasteiger partial charge in [-0.15, -0.1) is 0 Å². The average Bonchev–Trinajstić information content (AvgIpc) is 2.43. The molecule has 0 spiro atoms. The summed E-state index contributed by atoms with van der Waals surface area (Å²) in [6.07, 6.45) is 19.7. The van der Waals surface area contributed by atoms with E-state index in [0.717, 1.165) is 5.01 Å². The molecule has 2 N–H and O–H groups in total. The smallest absolute Gasteiger partial charge is 0.424 e. The fourth-order valence-corrected chi connectivity index (χ4v) is 1.08. The van der Waals surface area contributed by atoms with Crippen molar-refractivity contribution in [3.8, 4) is 0 Å². The predicted molar refractivity (Wildman–Crippen MR) is 74.9 cm³/mol. The van der Waals surface area contributed by atoms with Gasteiger partial charge in [-0.25, -0.2) is 9.80 Å². The molecule has 1 heterocycles. The first-order valence-corrected chi connectivity index (χ1v) is 5.87. The Labute approximate surface area is 117 Å². The van der Waals surface area contributed by atoms with Crippen LogP contribution in [0.5, 0.6) is 0 Å². The van der Waals surface area contributed by atoms with Crippen molar-refractivity contribution in [1.29, 1.82) is 0 Å². The standard InChI is InChI=1S/C14H16N2O4/c17-14(18)16-12-10-8-6-4-2-1-3-5-7-9-11-13-19-20-15-16/h1-11,13,15H,12H2,(H,17,18)/b2-1-,5-3+,6-4+,9-7+,10-8+,13-11-. The first-order valence-electron chi connectivity index (χ1n) is 5.87. The molecule has 1 amide bonds. The number of hydrogen-bond donors (Lipinski definition) is 2. The topological polar surface area (TPSA) is 71.0 Å². The molecule has 0 saturated heterocycles. The maximum absolute atomic E-state index is 10.9. The van der Waals surface area contributed by atoms with Gasteiger partial charge in [0.05, 0.1) is 6.54 Å². The third kappa shape index (κ3) is 7.70. The summed E-state index contributed by atoms with van der Waals surface area (Å²) in [6, 6.07) is 0. The van der Waals surface area contributed by atoms with Crippen molar-refractivity contribution in [1.82, 2.24) is 10.6 Å². The second-order valence-corrected chi connectivity index (χ2v) is 3.46. The van der Waals surface area contributed by atoms with E-state index in [0.29, 0.717) is 0 Å². The number of rotatable bonds is 0. The Morgan fingerprint density at radius 2 is 1.50 bits per heavy atom. The maximum Gasteiger partial charge on any atom is 0.424 e. The van der Waals surface area contributed by atoms with Gasteiger partial charge in [0.15, 0.2) is 0 Å². The Kier molecular flexibility index (Phi) is 8.02. The molecule has 0 aromatic heterocycles. The third-order valence-electron chi connectivity index (χ3n) is 1.98. The molecule has 0 bridgehead atoms. The van der Waals surface area contributed by atoms with E-state index >= 15 is 0 Å². The van der Waals surface area contributed by atoms with Crippen molar-refractivity contribution >= 4 is 6.09 Å². The lowest BCUT2D eigenvalue weighted by atomic mass is 10.3. The maximum atomic E-state index is 10.9. The van der Waals surface area contributed by atoms with Gasteiger partial charge in [0.1, 0.15) is 6.26 Å². The van der Waals surface area contributed by atoms with E-state index in [-0.39, 0.29) is 6.54 Å². The summed E-state index contributed by atoms with van der Waals surface area (Å²) < 4.78 is 0. The number of nitrogens with zero attached hydrogens (tertiary/aromatic N) is 1. The van der Waals surface area contributed by atoms with Crippen molar-refractivity contribution in [3.63, 3.8) is 0 Å². The largest absolute Gasteiger partial charge is 0.464 e. The van der Waals surface area contributed by atoms with Crippen LogP contribution in [0.25, 0.3) is 0 Å². The minimum atomic E-state index is -1.19. The molecule has 0 atom stereocenters. The van der Waals surface area contributed by atoms with Crippen LogP contribution in [0.2, 0.25) is 0 Å². The zero-order chi connectivity index (χ0) is 14.5. The minimum absolute atomic E-state index is 0.107. The summed E-state index contributed by atoms with van der Waals surface area (Å²) in [6.45, 7) is 0.107.